The fourth-order valence-electron chi connectivity index (χ4n) is 3.72. The molecule has 0 spiro atoms. The van der Waals surface area contributed by atoms with Crippen molar-refractivity contribution in [3.05, 3.63) is 57.8 Å². The molecule has 0 aliphatic heterocycles. The SMILES string of the molecule is C[C@@H]1CCCC[C@@H]1NCc1cc(=O)n2c(-c3ccccc3)csc2n1. The maximum atomic E-state index is 12.7. The zero-order chi connectivity index (χ0) is 17.2. The molecule has 1 fully saturated rings. The molecule has 5 heteroatoms. The van der Waals surface area contributed by atoms with E-state index in [0.29, 0.717) is 18.5 Å². The molecule has 3 aromatic rings. The van der Waals surface area contributed by atoms with Gasteiger partial charge in [-0.2, -0.15) is 0 Å². The number of benzene rings is 1. The number of thiazole rings is 1. The molecule has 1 aliphatic rings. The molecule has 2 aromatic heterocycles. The topological polar surface area (TPSA) is 46.4 Å². The van der Waals surface area contributed by atoms with Crippen LogP contribution in [0.5, 0.6) is 0 Å². The second-order valence-corrected chi connectivity index (χ2v) is 7.78. The Balaban J connectivity index is 1.59. The normalized spacial score (nSPS) is 20.8. The van der Waals surface area contributed by atoms with Gasteiger partial charge in [-0.25, -0.2) is 4.98 Å². The molecule has 0 bridgehead atoms. The Morgan fingerprint density at radius 3 is 2.84 bits per heavy atom. The molecule has 0 amide bonds. The quantitative estimate of drug-likeness (QED) is 0.768. The van der Waals surface area contributed by atoms with Gasteiger partial charge in [0.1, 0.15) is 0 Å². The molecule has 2 heterocycles. The Kier molecular flexibility index (Phi) is 4.68. The van der Waals surface area contributed by atoms with Gasteiger partial charge in [0.25, 0.3) is 5.56 Å². The first kappa shape index (κ1) is 16.5. The highest BCUT2D eigenvalue weighted by Crippen LogP contribution is 2.25. The summed E-state index contributed by atoms with van der Waals surface area (Å²) >= 11 is 1.52. The molecule has 1 aromatic carbocycles. The van der Waals surface area contributed by atoms with Gasteiger partial charge in [0.05, 0.1) is 11.4 Å². The minimum absolute atomic E-state index is 0.00130. The van der Waals surface area contributed by atoms with Gasteiger partial charge in [0, 0.05) is 24.0 Å². The minimum atomic E-state index is -0.00130. The van der Waals surface area contributed by atoms with Crippen LogP contribution >= 0.6 is 11.3 Å². The van der Waals surface area contributed by atoms with Crippen LogP contribution in [-0.2, 0) is 6.54 Å². The van der Waals surface area contributed by atoms with E-state index in [2.05, 4.69) is 12.2 Å². The molecule has 2 atom stereocenters. The number of nitrogens with one attached hydrogen (secondary N) is 1. The summed E-state index contributed by atoms with van der Waals surface area (Å²) in [6.07, 6.45) is 5.14. The summed E-state index contributed by atoms with van der Waals surface area (Å²) in [6.45, 7) is 2.98. The van der Waals surface area contributed by atoms with Crippen LogP contribution in [0.25, 0.3) is 16.2 Å². The van der Waals surface area contributed by atoms with Gasteiger partial charge >= 0.3 is 0 Å². The first-order valence-corrected chi connectivity index (χ1v) is 9.89. The number of aromatic nitrogens is 2. The first-order valence-electron chi connectivity index (χ1n) is 9.01. The van der Waals surface area contributed by atoms with Gasteiger partial charge in [0.2, 0.25) is 0 Å². The number of hydrogen-bond donors (Lipinski definition) is 1. The van der Waals surface area contributed by atoms with Crippen LogP contribution in [0.2, 0.25) is 0 Å². The summed E-state index contributed by atoms with van der Waals surface area (Å²) in [5, 5.41) is 5.63. The molecule has 0 saturated heterocycles. The van der Waals surface area contributed by atoms with Crippen LogP contribution in [0.3, 0.4) is 0 Å². The number of nitrogens with zero attached hydrogens (tertiary/aromatic N) is 2. The second-order valence-electron chi connectivity index (χ2n) is 6.94. The molecular formula is C20H23N3OS. The van der Waals surface area contributed by atoms with Crippen molar-refractivity contribution >= 4 is 16.3 Å². The summed E-state index contributed by atoms with van der Waals surface area (Å²) in [6, 6.07) is 12.2. The van der Waals surface area contributed by atoms with Crippen molar-refractivity contribution in [1.82, 2.24) is 14.7 Å². The van der Waals surface area contributed by atoms with E-state index >= 15 is 0 Å². The largest absolute Gasteiger partial charge is 0.308 e. The summed E-state index contributed by atoms with van der Waals surface area (Å²) in [5.74, 6) is 0.699. The van der Waals surface area contributed by atoms with Crippen molar-refractivity contribution in [2.24, 2.45) is 5.92 Å². The Hall–Kier alpha value is -1.98. The predicted molar refractivity (Wildman–Crippen MR) is 103 cm³/mol. The average molecular weight is 353 g/mol. The van der Waals surface area contributed by atoms with E-state index in [1.165, 1.54) is 37.0 Å². The van der Waals surface area contributed by atoms with Gasteiger partial charge < -0.3 is 5.32 Å². The Morgan fingerprint density at radius 2 is 2.04 bits per heavy atom. The molecule has 4 nitrogen and oxygen atoms in total. The van der Waals surface area contributed by atoms with Gasteiger partial charge in [-0.05, 0) is 24.3 Å². The fraction of sp³-hybridized carbons (Fsp3) is 0.400. The number of rotatable bonds is 4. The molecule has 1 aliphatic carbocycles. The molecule has 25 heavy (non-hydrogen) atoms. The van der Waals surface area contributed by atoms with Crippen molar-refractivity contribution in [3.8, 4) is 11.3 Å². The Bertz CT molecular complexity index is 916. The molecule has 0 radical (unpaired) electrons. The maximum Gasteiger partial charge on any atom is 0.259 e. The van der Waals surface area contributed by atoms with E-state index in [-0.39, 0.29) is 5.56 Å². The van der Waals surface area contributed by atoms with Crippen molar-refractivity contribution in [2.75, 3.05) is 0 Å². The van der Waals surface area contributed by atoms with E-state index in [4.69, 9.17) is 4.98 Å². The highest BCUT2D eigenvalue weighted by molar-refractivity contribution is 7.15. The molecule has 1 saturated carbocycles. The summed E-state index contributed by atoms with van der Waals surface area (Å²) in [5.41, 5.74) is 2.79. The monoisotopic (exact) mass is 353 g/mol. The van der Waals surface area contributed by atoms with Crippen molar-refractivity contribution < 1.29 is 0 Å². The third-order valence-electron chi connectivity index (χ3n) is 5.18. The smallest absolute Gasteiger partial charge is 0.259 e. The highest BCUT2D eigenvalue weighted by Gasteiger charge is 2.21. The van der Waals surface area contributed by atoms with Crippen molar-refractivity contribution in [3.63, 3.8) is 0 Å². The minimum Gasteiger partial charge on any atom is -0.308 e. The summed E-state index contributed by atoms with van der Waals surface area (Å²) in [7, 11) is 0. The molecular weight excluding hydrogens is 330 g/mol. The van der Waals surface area contributed by atoms with E-state index < -0.39 is 0 Å². The highest BCUT2D eigenvalue weighted by atomic mass is 32.1. The van der Waals surface area contributed by atoms with Crippen LogP contribution in [0.15, 0.2) is 46.6 Å². The third-order valence-corrected chi connectivity index (χ3v) is 6.01. The van der Waals surface area contributed by atoms with Crippen LogP contribution in [0.1, 0.15) is 38.3 Å². The molecule has 0 unspecified atom stereocenters. The fourth-order valence-corrected chi connectivity index (χ4v) is 4.64. The summed E-state index contributed by atoms with van der Waals surface area (Å²) in [4.78, 5) is 18.1. The predicted octanol–water partition coefficient (Wildman–Crippen LogP) is 4.09. The number of hydrogen-bond acceptors (Lipinski definition) is 4. The average Bonchev–Trinajstić information content (AvgIpc) is 3.06. The van der Waals surface area contributed by atoms with Gasteiger partial charge in [-0.1, -0.05) is 50.1 Å². The van der Waals surface area contributed by atoms with Crippen LogP contribution in [0, 0.1) is 5.92 Å². The lowest BCUT2D eigenvalue weighted by Crippen LogP contribution is -2.37. The maximum absolute atomic E-state index is 12.7. The van der Waals surface area contributed by atoms with Gasteiger partial charge in [-0.15, -0.1) is 11.3 Å². The van der Waals surface area contributed by atoms with E-state index in [0.717, 1.165) is 21.9 Å². The zero-order valence-corrected chi connectivity index (χ0v) is 15.3. The first-order chi connectivity index (χ1) is 12.2. The van der Waals surface area contributed by atoms with E-state index in [9.17, 15) is 4.79 Å². The van der Waals surface area contributed by atoms with Gasteiger partial charge in [-0.3, -0.25) is 9.20 Å². The third kappa shape index (κ3) is 3.39. The number of fused-ring (bicyclic) bond motifs is 1. The summed E-state index contributed by atoms with van der Waals surface area (Å²) < 4.78 is 1.72. The van der Waals surface area contributed by atoms with E-state index in [1.54, 1.807) is 10.5 Å². The van der Waals surface area contributed by atoms with Crippen LogP contribution in [0.4, 0.5) is 0 Å². The van der Waals surface area contributed by atoms with E-state index in [1.807, 2.05) is 35.7 Å². The lowest BCUT2D eigenvalue weighted by molar-refractivity contribution is 0.278. The van der Waals surface area contributed by atoms with Crippen LogP contribution < -0.4 is 10.9 Å². The van der Waals surface area contributed by atoms with Crippen LogP contribution in [-0.4, -0.2) is 15.4 Å². The molecule has 1 N–H and O–H groups in total. The Labute approximate surface area is 151 Å². The van der Waals surface area contributed by atoms with Crippen molar-refractivity contribution in [1.29, 1.82) is 0 Å². The Morgan fingerprint density at radius 1 is 1.24 bits per heavy atom. The standard InChI is InChI=1S/C20H23N3OS/c1-14-7-5-6-10-17(14)21-12-16-11-19(24)23-18(13-25-20(23)22-16)15-8-3-2-4-9-15/h2-4,8-9,11,13-14,17,21H,5-7,10,12H2,1H3/t14-,17+/m1/s1. The molecule has 4 rings (SSSR count). The lowest BCUT2D eigenvalue weighted by atomic mass is 9.86. The zero-order valence-electron chi connectivity index (χ0n) is 14.4. The molecule has 130 valence electrons. The van der Waals surface area contributed by atoms with Gasteiger partial charge in [0.15, 0.2) is 4.96 Å². The second kappa shape index (κ2) is 7.10. The van der Waals surface area contributed by atoms with Crippen molar-refractivity contribution in [2.45, 2.75) is 45.2 Å². The lowest BCUT2D eigenvalue weighted by Gasteiger charge is -2.29.